The molecule has 0 spiro atoms. The van der Waals surface area contributed by atoms with Gasteiger partial charge in [-0.15, -0.1) is 0 Å². The predicted molar refractivity (Wildman–Crippen MR) is 83.5 cm³/mol. The molecule has 2 aliphatic heterocycles. The van der Waals surface area contributed by atoms with Gasteiger partial charge in [-0.1, -0.05) is 6.07 Å². The SMILES string of the molecule is N#Cc1cc(CN2CCC[C@@H]2C(=O)N2CC[C@@H](O)C2)ccc1O. The first-order chi connectivity index (χ1) is 11.1. The van der Waals surface area contributed by atoms with Gasteiger partial charge >= 0.3 is 0 Å². The van der Waals surface area contributed by atoms with Crippen LogP contribution in [0.15, 0.2) is 18.2 Å². The van der Waals surface area contributed by atoms with Gasteiger partial charge in [-0.25, -0.2) is 0 Å². The Morgan fingerprint density at radius 1 is 1.35 bits per heavy atom. The fourth-order valence-corrected chi connectivity index (χ4v) is 3.45. The highest BCUT2D eigenvalue weighted by molar-refractivity contribution is 5.82. The van der Waals surface area contributed by atoms with Crippen molar-refractivity contribution in [2.75, 3.05) is 19.6 Å². The van der Waals surface area contributed by atoms with Gasteiger partial charge < -0.3 is 15.1 Å². The minimum absolute atomic E-state index is 0.0173. The minimum Gasteiger partial charge on any atom is -0.507 e. The molecule has 0 saturated carbocycles. The number of aromatic hydroxyl groups is 1. The van der Waals surface area contributed by atoms with Crippen molar-refractivity contribution in [2.24, 2.45) is 0 Å². The minimum atomic E-state index is -0.399. The third-order valence-electron chi connectivity index (χ3n) is 4.69. The van der Waals surface area contributed by atoms with Crippen molar-refractivity contribution in [1.82, 2.24) is 9.80 Å². The fraction of sp³-hybridized carbons (Fsp3) is 0.529. The van der Waals surface area contributed by atoms with Crippen molar-refractivity contribution in [1.29, 1.82) is 5.26 Å². The van der Waals surface area contributed by atoms with Crippen LogP contribution in [0.25, 0.3) is 0 Å². The Hall–Kier alpha value is -2.10. The zero-order valence-electron chi connectivity index (χ0n) is 13.0. The zero-order valence-corrected chi connectivity index (χ0v) is 13.0. The number of aliphatic hydroxyl groups is 1. The molecule has 2 aliphatic rings. The number of phenolic OH excluding ortho intramolecular Hbond substituents is 1. The van der Waals surface area contributed by atoms with Crippen LogP contribution in [-0.4, -0.2) is 57.7 Å². The number of carbonyl (C=O) groups is 1. The maximum Gasteiger partial charge on any atom is 0.240 e. The molecular weight excluding hydrogens is 294 g/mol. The molecule has 2 N–H and O–H groups in total. The molecule has 0 radical (unpaired) electrons. The second-order valence-corrected chi connectivity index (χ2v) is 6.32. The quantitative estimate of drug-likeness (QED) is 0.862. The van der Waals surface area contributed by atoms with Crippen molar-refractivity contribution < 1.29 is 15.0 Å². The molecule has 122 valence electrons. The molecule has 2 saturated heterocycles. The number of phenols is 1. The summed E-state index contributed by atoms with van der Waals surface area (Å²) in [7, 11) is 0. The van der Waals surface area contributed by atoms with Crippen LogP contribution in [0.3, 0.4) is 0 Å². The topological polar surface area (TPSA) is 87.8 Å². The van der Waals surface area contributed by atoms with E-state index in [9.17, 15) is 15.0 Å². The van der Waals surface area contributed by atoms with E-state index in [1.165, 1.54) is 6.07 Å². The van der Waals surface area contributed by atoms with Gasteiger partial charge in [0.2, 0.25) is 5.91 Å². The number of β-amino-alcohol motifs (C(OH)–C–C–N with tert-alkyl or cyclic N) is 1. The van der Waals surface area contributed by atoms with Crippen molar-refractivity contribution in [3.8, 4) is 11.8 Å². The van der Waals surface area contributed by atoms with E-state index in [1.54, 1.807) is 17.0 Å². The lowest BCUT2D eigenvalue weighted by Crippen LogP contribution is -2.44. The maximum absolute atomic E-state index is 12.7. The van der Waals surface area contributed by atoms with E-state index in [2.05, 4.69) is 4.90 Å². The summed E-state index contributed by atoms with van der Waals surface area (Å²) in [6.07, 6.45) is 2.05. The van der Waals surface area contributed by atoms with Gasteiger partial charge in [0.25, 0.3) is 0 Å². The van der Waals surface area contributed by atoms with E-state index in [1.807, 2.05) is 6.07 Å². The lowest BCUT2D eigenvalue weighted by atomic mass is 10.1. The number of carbonyl (C=O) groups excluding carboxylic acids is 1. The molecule has 2 heterocycles. The van der Waals surface area contributed by atoms with Crippen LogP contribution in [0.1, 0.15) is 30.4 Å². The molecule has 23 heavy (non-hydrogen) atoms. The molecule has 0 bridgehead atoms. The fourth-order valence-electron chi connectivity index (χ4n) is 3.45. The van der Waals surface area contributed by atoms with Gasteiger partial charge in [-0.05, 0) is 43.5 Å². The Bertz CT molecular complexity index is 640. The van der Waals surface area contributed by atoms with Gasteiger partial charge in [0.1, 0.15) is 11.8 Å². The number of nitrogens with zero attached hydrogens (tertiary/aromatic N) is 3. The Kier molecular flexibility index (Phi) is 4.51. The van der Waals surface area contributed by atoms with Gasteiger partial charge in [-0.2, -0.15) is 5.26 Å². The van der Waals surface area contributed by atoms with E-state index in [-0.39, 0.29) is 23.3 Å². The molecular formula is C17H21N3O3. The molecule has 0 unspecified atom stereocenters. The van der Waals surface area contributed by atoms with Crippen LogP contribution < -0.4 is 0 Å². The summed E-state index contributed by atoms with van der Waals surface area (Å²) in [5.41, 5.74) is 1.17. The zero-order chi connectivity index (χ0) is 16.4. The van der Waals surface area contributed by atoms with Crippen molar-refractivity contribution >= 4 is 5.91 Å². The highest BCUT2D eigenvalue weighted by atomic mass is 16.3. The summed E-state index contributed by atoms with van der Waals surface area (Å²) in [6, 6.07) is 6.81. The van der Waals surface area contributed by atoms with Crippen LogP contribution in [0, 0.1) is 11.3 Å². The first-order valence-corrected chi connectivity index (χ1v) is 8.01. The molecule has 3 rings (SSSR count). The number of hydrogen-bond acceptors (Lipinski definition) is 5. The van der Waals surface area contributed by atoms with E-state index < -0.39 is 6.10 Å². The first-order valence-electron chi connectivity index (χ1n) is 8.01. The Labute approximate surface area is 135 Å². The van der Waals surface area contributed by atoms with Crippen molar-refractivity contribution in [3.05, 3.63) is 29.3 Å². The number of aliphatic hydroxyl groups excluding tert-OH is 1. The second-order valence-electron chi connectivity index (χ2n) is 6.32. The number of rotatable bonds is 3. The molecule has 0 aliphatic carbocycles. The lowest BCUT2D eigenvalue weighted by molar-refractivity contribution is -0.135. The lowest BCUT2D eigenvalue weighted by Gasteiger charge is -2.27. The van der Waals surface area contributed by atoms with Crippen LogP contribution >= 0.6 is 0 Å². The summed E-state index contributed by atoms with van der Waals surface area (Å²) in [6.45, 7) is 2.49. The molecule has 1 aromatic carbocycles. The first kappa shape index (κ1) is 15.8. The molecule has 1 amide bonds. The number of benzene rings is 1. The normalized spacial score (nSPS) is 24.8. The van der Waals surface area contributed by atoms with Crippen LogP contribution in [0.2, 0.25) is 0 Å². The average molecular weight is 315 g/mol. The molecule has 1 aromatic rings. The summed E-state index contributed by atoms with van der Waals surface area (Å²) < 4.78 is 0. The summed E-state index contributed by atoms with van der Waals surface area (Å²) in [4.78, 5) is 16.5. The maximum atomic E-state index is 12.7. The standard InChI is InChI=1S/C17H21N3O3/c18-9-13-8-12(3-4-16(13)22)10-19-6-1-2-15(19)17(23)20-7-5-14(21)11-20/h3-4,8,14-15,21-22H,1-2,5-7,10-11H2/t14-,15-/m1/s1. The van der Waals surface area contributed by atoms with Crippen LogP contribution in [0.5, 0.6) is 5.75 Å². The molecule has 2 atom stereocenters. The number of hydrogen-bond donors (Lipinski definition) is 2. The Morgan fingerprint density at radius 3 is 2.87 bits per heavy atom. The van der Waals surface area contributed by atoms with Crippen LogP contribution in [-0.2, 0) is 11.3 Å². The third kappa shape index (κ3) is 3.31. The monoisotopic (exact) mass is 315 g/mol. The molecule has 2 fully saturated rings. The summed E-state index contributed by atoms with van der Waals surface area (Å²) >= 11 is 0. The molecule has 0 aromatic heterocycles. The summed E-state index contributed by atoms with van der Waals surface area (Å²) in [5.74, 6) is 0.0784. The van der Waals surface area contributed by atoms with Crippen molar-refractivity contribution in [2.45, 2.75) is 38.0 Å². The van der Waals surface area contributed by atoms with E-state index in [0.717, 1.165) is 24.9 Å². The van der Waals surface area contributed by atoms with Gasteiger partial charge in [0.15, 0.2) is 0 Å². The predicted octanol–water partition coefficient (Wildman–Crippen LogP) is 0.821. The average Bonchev–Trinajstić information content (AvgIpc) is 3.17. The van der Waals surface area contributed by atoms with Crippen molar-refractivity contribution in [3.63, 3.8) is 0 Å². The molecule has 6 nitrogen and oxygen atoms in total. The highest BCUT2D eigenvalue weighted by Crippen LogP contribution is 2.25. The Morgan fingerprint density at radius 2 is 2.17 bits per heavy atom. The number of likely N-dealkylation sites (tertiary alicyclic amines) is 2. The summed E-state index contributed by atoms with van der Waals surface area (Å²) in [5, 5.41) is 28.2. The van der Waals surface area contributed by atoms with E-state index in [4.69, 9.17) is 5.26 Å². The smallest absolute Gasteiger partial charge is 0.240 e. The van der Waals surface area contributed by atoms with E-state index >= 15 is 0 Å². The van der Waals surface area contributed by atoms with Gasteiger partial charge in [0.05, 0.1) is 17.7 Å². The number of nitriles is 1. The van der Waals surface area contributed by atoms with Gasteiger partial charge in [0, 0.05) is 19.6 Å². The molecule has 6 heteroatoms. The largest absolute Gasteiger partial charge is 0.507 e. The van der Waals surface area contributed by atoms with Gasteiger partial charge in [-0.3, -0.25) is 9.69 Å². The van der Waals surface area contributed by atoms with E-state index in [0.29, 0.717) is 26.1 Å². The highest BCUT2D eigenvalue weighted by Gasteiger charge is 2.36. The Balaban J connectivity index is 1.70. The second kappa shape index (κ2) is 6.57. The number of amides is 1. The third-order valence-corrected chi connectivity index (χ3v) is 4.69. The van der Waals surface area contributed by atoms with Crippen LogP contribution in [0.4, 0.5) is 0 Å².